The predicted molar refractivity (Wildman–Crippen MR) is 77.7 cm³/mol. The highest BCUT2D eigenvalue weighted by molar-refractivity contribution is 5.46. The fraction of sp³-hybridized carbons (Fsp3) is 0.250. The molecule has 0 saturated carbocycles. The van der Waals surface area contributed by atoms with Gasteiger partial charge in [-0.2, -0.15) is 5.26 Å². The van der Waals surface area contributed by atoms with Crippen molar-refractivity contribution in [3.8, 4) is 11.9 Å². The maximum atomic E-state index is 11.7. The number of pyridine rings is 1. The maximum Gasteiger partial charge on any atom is 0.268 e. The van der Waals surface area contributed by atoms with Gasteiger partial charge in [0.15, 0.2) is 5.88 Å². The average Bonchev–Trinajstić information content (AvgIpc) is 2.49. The van der Waals surface area contributed by atoms with Crippen LogP contribution in [-0.4, -0.2) is 21.5 Å². The van der Waals surface area contributed by atoms with Crippen molar-refractivity contribution in [2.75, 3.05) is 6.54 Å². The first kappa shape index (κ1) is 13.4. The van der Waals surface area contributed by atoms with Gasteiger partial charge in [-0.25, -0.2) is 0 Å². The van der Waals surface area contributed by atoms with E-state index in [9.17, 15) is 9.90 Å². The summed E-state index contributed by atoms with van der Waals surface area (Å²) in [7, 11) is 0. The molecule has 1 aliphatic heterocycles. The van der Waals surface area contributed by atoms with Crippen molar-refractivity contribution in [3.05, 3.63) is 62.9 Å². The molecule has 21 heavy (non-hydrogen) atoms. The van der Waals surface area contributed by atoms with Crippen LogP contribution in [0.5, 0.6) is 5.88 Å². The number of aromatic hydroxyl groups is 1. The van der Waals surface area contributed by atoms with Crippen LogP contribution in [0.15, 0.2) is 35.1 Å². The van der Waals surface area contributed by atoms with Crippen molar-refractivity contribution in [2.45, 2.75) is 19.5 Å². The van der Waals surface area contributed by atoms with Gasteiger partial charge >= 0.3 is 0 Å². The Morgan fingerprint density at radius 2 is 2.05 bits per heavy atom. The number of nitrogens with zero attached hydrogens (tertiary/aromatic N) is 2. The van der Waals surface area contributed by atoms with Gasteiger partial charge in [0.1, 0.15) is 11.6 Å². The smallest absolute Gasteiger partial charge is 0.268 e. The number of nitriles is 1. The van der Waals surface area contributed by atoms with E-state index in [2.05, 4.69) is 22.0 Å². The van der Waals surface area contributed by atoms with E-state index >= 15 is 0 Å². The molecule has 0 aliphatic carbocycles. The molecule has 0 bridgehead atoms. The Hall–Kier alpha value is -2.58. The molecule has 0 spiro atoms. The minimum Gasteiger partial charge on any atom is -0.494 e. The first-order valence-electron chi connectivity index (χ1n) is 6.82. The summed E-state index contributed by atoms with van der Waals surface area (Å²) in [6, 6.07) is 12.0. The SMILES string of the molecule is N#Cc1c2c(c(O)[nH]c1=O)CN(Cc1ccccc1)CC2. The highest BCUT2D eigenvalue weighted by Crippen LogP contribution is 2.26. The lowest BCUT2D eigenvalue weighted by Gasteiger charge is -2.29. The molecule has 2 N–H and O–H groups in total. The number of nitrogens with one attached hydrogen (secondary N) is 1. The van der Waals surface area contributed by atoms with Crippen LogP contribution in [0.25, 0.3) is 0 Å². The van der Waals surface area contributed by atoms with Crippen LogP contribution in [0.2, 0.25) is 0 Å². The van der Waals surface area contributed by atoms with E-state index in [0.29, 0.717) is 24.1 Å². The molecule has 5 heteroatoms. The quantitative estimate of drug-likeness (QED) is 0.874. The molecule has 1 aromatic heterocycles. The van der Waals surface area contributed by atoms with Gasteiger partial charge in [-0.05, 0) is 17.5 Å². The highest BCUT2D eigenvalue weighted by atomic mass is 16.3. The van der Waals surface area contributed by atoms with Gasteiger partial charge in [0.05, 0.1) is 0 Å². The molecule has 0 radical (unpaired) electrons. The summed E-state index contributed by atoms with van der Waals surface area (Å²) in [6.07, 6.45) is 0.600. The third-order valence-electron chi connectivity index (χ3n) is 3.83. The van der Waals surface area contributed by atoms with Crippen molar-refractivity contribution >= 4 is 0 Å². The molecule has 2 aromatic rings. The van der Waals surface area contributed by atoms with Crippen molar-refractivity contribution in [1.82, 2.24) is 9.88 Å². The normalized spacial score (nSPS) is 14.4. The summed E-state index contributed by atoms with van der Waals surface area (Å²) < 4.78 is 0. The van der Waals surface area contributed by atoms with Crippen molar-refractivity contribution in [3.63, 3.8) is 0 Å². The molecule has 0 unspecified atom stereocenters. The molecular weight excluding hydrogens is 266 g/mol. The van der Waals surface area contributed by atoms with E-state index in [4.69, 9.17) is 5.26 Å². The number of aromatic nitrogens is 1. The number of fused-ring (bicyclic) bond motifs is 1. The molecule has 5 nitrogen and oxygen atoms in total. The van der Waals surface area contributed by atoms with Gasteiger partial charge in [-0.15, -0.1) is 0 Å². The number of H-pyrrole nitrogens is 1. The Bertz CT molecular complexity index is 760. The van der Waals surface area contributed by atoms with Gasteiger partial charge in [0.25, 0.3) is 5.56 Å². The molecule has 0 saturated heterocycles. The van der Waals surface area contributed by atoms with Crippen LogP contribution in [-0.2, 0) is 19.5 Å². The fourth-order valence-electron chi connectivity index (χ4n) is 2.79. The molecule has 1 aliphatic rings. The van der Waals surface area contributed by atoms with Crippen LogP contribution in [0, 0.1) is 11.3 Å². The summed E-state index contributed by atoms with van der Waals surface area (Å²) in [5, 5.41) is 19.1. The Kier molecular flexibility index (Phi) is 3.46. The molecule has 0 amide bonds. The molecule has 1 aromatic carbocycles. The van der Waals surface area contributed by atoms with Crippen LogP contribution >= 0.6 is 0 Å². The Morgan fingerprint density at radius 3 is 2.76 bits per heavy atom. The Morgan fingerprint density at radius 1 is 1.29 bits per heavy atom. The lowest BCUT2D eigenvalue weighted by atomic mass is 9.96. The molecule has 0 atom stereocenters. The molecular formula is C16H15N3O2. The van der Waals surface area contributed by atoms with E-state index in [1.54, 1.807) is 0 Å². The molecule has 106 valence electrons. The summed E-state index contributed by atoms with van der Waals surface area (Å²) in [4.78, 5) is 16.2. The van der Waals surface area contributed by atoms with E-state index in [-0.39, 0.29) is 11.4 Å². The van der Waals surface area contributed by atoms with Crippen molar-refractivity contribution in [2.24, 2.45) is 0 Å². The van der Waals surface area contributed by atoms with Crippen LogP contribution in [0.4, 0.5) is 0 Å². The van der Waals surface area contributed by atoms with Gasteiger partial charge in [-0.3, -0.25) is 14.7 Å². The lowest BCUT2D eigenvalue weighted by molar-refractivity contribution is 0.239. The zero-order chi connectivity index (χ0) is 14.8. The number of hydrogen-bond donors (Lipinski definition) is 2. The number of aromatic amines is 1. The lowest BCUT2D eigenvalue weighted by Crippen LogP contribution is -2.32. The zero-order valence-electron chi connectivity index (χ0n) is 11.5. The second-order valence-corrected chi connectivity index (χ2v) is 5.19. The highest BCUT2D eigenvalue weighted by Gasteiger charge is 2.24. The van der Waals surface area contributed by atoms with Gasteiger partial charge in [0.2, 0.25) is 0 Å². The van der Waals surface area contributed by atoms with Crippen molar-refractivity contribution in [1.29, 1.82) is 5.26 Å². The summed E-state index contributed by atoms with van der Waals surface area (Å²) in [5.74, 6) is -0.119. The molecule has 2 heterocycles. The second kappa shape index (κ2) is 5.43. The van der Waals surface area contributed by atoms with E-state index in [1.807, 2.05) is 24.3 Å². The Balaban J connectivity index is 1.90. The van der Waals surface area contributed by atoms with Gasteiger partial charge in [-0.1, -0.05) is 30.3 Å². The standard InChI is InChI=1S/C16H15N3O2/c17-8-13-12-6-7-19(9-11-4-2-1-3-5-11)10-14(12)16(21)18-15(13)20/h1-5H,6-7,9-10H2,(H2,18,20,21). The largest absolute Gasteiger partial charge is 0.494 e. The third kappa shape index (κ3) is 2.54. The van der Waals surface area contributed by atoms with Crippen molar-refractivity contribution < 1.29 is 5.11 Å². The minimum absolute atomic E-state index is 0.119. The fourth-order valence-corrected chi connectivity index (χ4v) is 2.79. The number of rotatable bonds is 2. The monoisotopic (exact) mass is 281 g/mol. The van der Waals surface area contributed by atoms with Crippen LogP contribution < -0.4 is 5.56 Å². The second-order valence-electron chi connectivity index (χ2n) is 5.19. The summed E-state index contributed by atoms with van der Waals surface area (Å²) >= 11 is 0. The Labute approximate surface area is 122 Å². The summed E-state index contributed by atoms with van der Waals surface area (Å²) in [5.41, 5.74) is 2.16. The first-order valence-corrected chi connectivity index (χ1v) is 6.82. The number of benzene rings is 1. The van der Waals surface area contributed by atoms with Crippen LogP contribution in [0.1, 0.15) is 22.3 Å². The minimum atomic E-state index is -0.509. The van der Waals surface area contributed by atoms with E-state index < -0.39 is 5.56 Å². The van der Waals surface area contributed by atoms with E-state index in [1.165, 1.54) is 5.56 Å². The topological polar surface area (TPSA) is 80.1 Å². The summed E-state index contributed by atoms with van der Waals surface area (Å²) in [6.45, 7) is 2.07. The van der Waals surface area contributed by atoms with Crippen LogP contribution in [0.3, 0.4) is 0 Å². The third-order valence-corrected chi connectivity index (χ3v) is 3.83. The van der Waals surface area contributed by atoms with E-state index in [0.717, 1.165) is 13.1 Å². The number of hydrogen-bond acceptors (Lipinski definition) is 4. The maximum absolute atomic E-state index is 11.7. The molecule has 3 rings (SSSR count). The van der Waals surface area contributed by atoms with Gasteiger partial charge in [0, 0.05) is 25.2 Å². The predicted octanol–water partition coefficient (Wildman–Crippen LogP) is 1.51. The molecule has 0 fully saturated rings. The average molecular weight is 281 g/mol. The zero-order valence-corrected chi connectivity index (χ0v) is 11.5. The first-order chi connectivity index (χ1) is 10.2. The van der Waals surface area contributed by atoms with Gasteiger partial charge < -0.3 is 5.11 Å².